The Hall–Kier alpha value is -3.36. The number of anilines is 2. The molecule has 1 aliphatic heterocycles. The fourth-order valence-corrected chi connectivity index (χ4v) is 4.38. The van der Waals surface area contributed by atoms with Gasteiger partial charge in [-0.15, -0.1) is 0 Å². The van der Waals surface area contributed by atoms with Gasteiger partial charge < -0.3 is 20.3 Å². The molecule has 2 fully saturated rings. The highest BCUT2D eigenvalue weighted by atomic mass is 16.5. The van der Waals surface area contributed by atoms with E-state index in [9.17, 15) is 14.4 Å². The van der Waals surface area contributed by atoms with Crippen molar-refractivity contribution in [1.29, 1.82) is 0 Å². The molecule has 1 atom stereocenters. The zero-order valence-electron chi connectivity index (χ0n) is 18.5. The second-order valence-electron chi connectivity index (χ2n) is 8.55. The van der Waals surface area contributed by atoms with Crippen molar-refractivity contribution in [3.8, 4) is 5.75 Å². The van der Waals surface area contributed by atoms with E-state index in [1.54, 1.807) is 18.2 Å². The second kappa shape index (κ2) is 9.42. The quantitative estimate of drug-likeness (QED) is 0.688. The molecule has 1 saturated heterocycles. The van der Waals surface area contributed by atoms with Gasteiger partial charge in [-0.05, 0) is 37.5 Å². The van der Waals surface area contributed by atoms with Crippen LogP contribution in [0.4, 0.5) is 11.4 Å². The number of carbonyl (C=O) groups is 3. The summed E-state index contributed by atoms with van der Waals surface area (Å²) >= 11 is 0. The number of carbonyl (C=O) groups excluding carboxylic acids is 3. The third-order valence-corrected chi connectivity index (χ3v) is 6.05. The Bertz CT molecular complexity index is 1010. The number of aromatic nitrogens is 2. The van der Waals surface area contributed by atoms with E-state index >= 15 is 0 Å². The Morgan fingerprint density at radius 1 is 1.25 bits per heavy atom. The Labute approximate surface area is 187 Å². The molecule has 2 N–H and O–H groups in total. The average molecular weight is 440 g/mol. The summed E-state index contributed by atoms with van der Waals surface area (Å²) in [4.78, 5) is 39.2. The molecule has 0 radical (unpaired) electrons. The van der Waals surface area contributed by atoms with Crippen molar-refractivity contribution in [3.05, 3.63) is 36.2 Å². The van der Waals surface area contributed by atoms with E-state index in [0.717, 1.165) is 31.2 Å². The Kier molecular flexibility index (Phi) is 6.43. The molecule has 2 aromatic rings. The number of nitrogens with zero attached hydrogens (tertiary/aromatic N) is 3. The van der Waals surface area contributed by atoms with Gasteiger partial charge >= 0.3 is 0 Å². The minimum Gasteiger partial charge on any atom is -0.495 e. The first-order valence-corrected chi connectivity index (χ1v) is 11.0. The standard InChI is InChI=1S/C23H29N5O4/c1-15-7-8-20(32-2)19(9-15)28-12-16(10-22(28)30)23(31)26-18-11-24-27(13-18)14-21(29)25-17-5-3-4-6-17/h7-9,11,13,16-17H,3-6,10,12,14H2,1-2H3,(H,25,29)(H,26,31). The number of ether oxygens (including phenoxy) is 1. The molecule has 3 amide bonds. The van der Waals surface area contributed by atoms with E-state index in [0.29, 0.717) is 17.1 Å². The van der Waals surface area contributed by atoms with Gasteiger partial charge in [0.05, 0.1) is 30.6 Å². The molecule has 0 bridgehead atoms. The highest BCUT2D eigenvalue weighted by molar-refractivity contribution is 6.04. The van der Waals surface area contributed by atoms with Crippen molar-refractivity contribution in [2.24, 2.45) is 5.92 Å². The van der Waals surface area contributed by atoms with Gasteiger partial charge in [0.25, 0.3) is 0 Å². The molecule has 4 rings (SSSR count). The number of benzene rings is 1. The summed E-state index contributed by atoms with van der Waals surface area (Å²) in [5.74, 6) is -0.332. The fourth-order valence-electron chi connectivity index (χ4n) is 4.38. The van der Waals surface area contributed by atoms with Gasteiger partial charge in [0, 0.05) is 25.2 Å². The van der Waals surface area contributed by atoms with Crippen LogP contribution < -0.4 is 20.3 Å². The largest absolute Gasteiger partial charge is 0.495 e. The van der Waals surface area contributed by atoms with Crippen molar-refractivity contribution < 1.29 is 19.1 Å². The summed E-state index contributed by atoms with van der Waals surface area (Å²) in [6.45, 7) is 2.33. The highest BCUT2D eigenvalue weighted by Gasteiger charge is 2.36. The summed E-state index contributed by atoms with van der Waals surface area (Å²) < 4.78 is 6.89. The smallest absolute Gasteiger partial charge is 0.241 e. The molecule has 1 aromatic carbocycles. The van der Waals surface area contributed by atoms with Crippen molar-refractivity contribution in [2.45, 2.75) is 51.6 Å². The van der Waals surface area contributed by atoms with Gasteiger partial charge in [0.15, 0.2) is 0 Å². The lowest BCUT2D eigenvalue weighted by molar-refractivity contribution is -0.122. The van der Waals surface area contributed by atoms with E-state index in [-0.39, 0.29) is 43.3 Å². The number of nitrogens with one attached hydrogen (secondary N) is 2. The maximum absolute atomic E-state index is 12.8. The van der Waals surface area contributed by atoms with E-state index < -0.39 is 5.92 Å². The molecule has 1 aliphatic carbocycles. The molecule has 32 heavy (non-hydrogen) atoms. The lowest BCUT2D eigenvalue weighted by Gasteiger charge is -2.20. The first-order chi connectivity index (χ1) is 15.4. The molecule has 9 heteroatoms. The van der Waals surface area contributed by atoms with E-state index in [2.05, 4.69) is 15.7 Å². The number of hydrogen-bond donors (Lipinski definition) is 2. The third-order valence-electron chi connectivity index (χ3n) is 6.05. The monoisotopic (exact) mass is 439 g/mol. The van der Waals surface area contributed by atoms with Crippen molar-refractivity contribution >= 4 is 29.1 Å². The van der Waals surface area contributed by atoms with Crippen LogP contribution in [-0.2, 0) is 20.9 Å². The van der Waals surface area contributed by atoms with Crippen LogP contribution in [0.25, 0.3) is 0 Å². The van der Waals surface area contributed by atoms with Crippen LogP contribution in [0.1, 0.15) is 37.7 Å². The number of rotatable bonds is 7. The molecular weight excluding hydrogens is 410 g/mol. The molecule has 9 nitrogen and oxygen atoms in total. The van der Waals surface area contributed by atoms with E-state index in [1.807, 2.05) is 25.1 Å². The zero-order valence-corrected chi connectivity index (χ0v) is 18.5. The van der Waals surface area contributed by atoms with Crippen LogP contribution in [0, 0.1) is 12.8 Å². The van der Waals surface area contributed by atoms with E-state index in [1.165, 1.54) is 10.9 Å². The molecular formula is C23H29N5O4. The maximum Gasteiger partial charge on any atom is 0.241 e. The SMILES string of the molecule is COc1ccc(C)cc1N1CC(C(=O)Nc2cnn(CC(=O)NC3CCCC3)c2)CC1=O. The summed E-state index contributed by atoms with van der Waals surface area (Å²) in [6, 6.07) is 5.88. The average Bonchev–Trinajstić information content (AvgIpc) is 3.50. The predicted octanol–water partition coefficient (Wildman–Crippen LogP) is 2.25. The van der Waals surface area contributed by atoms with Crippen molar-refractivity contribution in [2.75, 3.05) is 23.9 Å². The molecule has 2 aliphatic rings. The fraction of sp³-hybridized carbons (Fsp3) is 0.478. The molecule has 2 heterocycles. The lowest BCUT2D eigenvalue weighted by atomic mass is 10.1. The molecule has 1 saturated carbocycles. The lowest BCUT2D eigenvalue weighted by Crippen LogP contribution is -2.35. The van der Waals surface area contributed by atoms with Crippen LogP contribution in [0.2, 0.25) is 0 Å². The van der Waals surface area contributed by atoms with Crippen LogP contribution >= 0.6 is 0 Å². The molecule has 1 aromatic heterocycles. The van der Waals surface area contributed by atoms with Crippen LogP contribution in [-0.4, -0.2) is 47.2 Å². The van der Waals surface area contributed by atoms with Crippen molar-refractivity contribution in [3.63, 3.8) is 0 Å². The normalized spacial score (nSPS) is 18.8. The Morgan fingerprint density at radius 2 is 2.03 bits per heavy atom. The topological polar surface area (TPSA) is 106 Å². The number of amides is 3. The minimum absolute atomic E-state index is 0.0815. The molecule has 1 unspecified atom stereocenters. The van der Waals surface area contributed by atoms with Gasteiger partial charge in [0.2, 0.25) is 17.7 Å². The summed E-state index contributed by atoms with van der Waals surface area (Å²) in [5.41, 5.74) is 2.18. The van der Waals surface area contributed by atoms with Gasteiger partial charge in [-0.25, -0.2) is 0 Å². The number of methoxy groups -OCH3 is 1. The van der Waals surface area contributed by atoms with Gasteiger partial charge in [-0.3, -0.25) is 19.1 Å². The minimum atomic E-state index is -0.485. The second-order valence-corrected chi connectivity index (χ2v) is 8.55. The van der Waals surface area contributed by atoms with Gasteiger partial charge in [-0.2, -0.15) is 5.10 Å². The Morgan fingerprint density at radius 3 is 2.78 bits per heavy atom. The van der Waals surface area contributed by atoms with Gasteiger partial charge in [-0.1, -0.05) is 18.9 Å². The number of hydrogen-bond acceptors (Lipinski definition) is 5. The van der Waals surface area contributed by atoms with Gasteiger partial charge in [0.1, 0.15) is 12.3 Å². The maximum atomic E-state index is 12.8. The predicted molar refractivity (Wildman–Crippen MR) is 119 cm³/mol. The number of aryl methyl sites for hydroxylation is 1. The first-order valence-electron chi connectivity index (χ1n) is 11.0. The van der Waals surface area contributed by atoms with Crippen molar-refractivity contribution in [1.82, 2.24) is 15.1 Å². The Balaban J connectivity index is 1.34. The van der Waals surface area contributed by atoms with Crippen LogP contribution in [0.15, 0.2) is 30.6 Å². The summed E-state index contributed by atoms with van der Waals surface area (Å²) in [5, 5.41) is 10.0. The van der Waals surface area contributed by atoms with Crippen LogP contribution in [0.5, 0.6) is 5.75 Å². The summed E-state index contributed by atoms with van der Waals surface area (Å²) in [7, 11) is 1.56. The summed E-state index contributed by atoms with van der Waals surface area (Å²) in [6.07, 6.45) is 7.63. The van der Waals surface area contributed by atoms with Crippen LogP contribution in [0.3, 0.4) is 0 Å². The highest BCUT2D eigenvalue weighted by Crippen LogP contribution is 2.34. The molecule has 0 spiro atoms. The zero-order chi connectivity index (χ0) is 22.7. The van der Waals surface area contributed by atoms with E-state index in [4.69, 9.17) is 4.74 Å². The molecule has 170 valence electrons. The first kappa shape index (κ1) is 21.9. The third kappa shape index (κ3) is 4.92.